The van der Waals surface area contributed by atoms with E-state index in [0.717, 1.165) is 17.0 Å². The van der Waals surface area contributed by atoms with Gasteiger partial charge in [-0.3, -0.25) is 9.78 Å². The van der Waals surface area contributed by atoms with Crippen molar-refractivity contribution in [1.29, 1.82) is 0 Å². The molecule has 1 aliphatic rings. The van der Waals surface area contributed by atoms with Crippen LogP contribution in [0.15, 0.2) is 36.5 Å². The van der Waals surface area contributed by atoms with Gasteiger partial charge in [-0.05, 0) is 36.2 Å². The number of benzene rings is 1. The highest BCUT2D eigenvalue weighted by molar-refractivity contribution is 6.31. The largest absolute Gasteiger partial charge is 0.338 e. The van der Waals surface area contributed by atoms with Gasteiger partial charge in [0.25, 0.3) is 5.91 Å². The van der Waals surface area contributed by atoms with E-state index in [0.29, 0.717) is 11.3 Å². The molecule has 1 fully saturated rings. The third-order valence-electron chi connectivity index (χ3n) is 4.40. The first-order valence-electron chi connectivity index (χ1n) is 11.7. The number of hydrogen-bond acceptors (Lipinski definition) is 3. The molecule has 1 amide bonds. The van der Waals surface area contributed by atoms with Crippen molar-refractivity contribution in [2.45, 2.75) is 38.3 Å². The van der Waals surface area contributed by atoms with Crippen molar-refractivity contribution >= 4 is 17.5 Å². The zero-order chi connectivity index (χ0) is 25.5. The molecule has 1 N–H and O–H groups in total. The molecule has 1 atom stereocenters. The number of carbonyl (C=O) groups is 1. The lowest BCUT2D eigenvalue weighted by molar-refractivity contribution is 0.0434. The van der Waals surface area contributed by atoms with Crippen LogP contribution >= 0.6 is 11.6 Å². The van der Waals surface area contributed by atoms with Gasteiger partial charge in [0, 0.05) is 58.9 Å². The maximum atomic E-state index is 15.9. The summed E-state index contributed by atoms with van der Waals surface area (Å²) in [5.74, 6) is -1.38. The average molecular weight is 414 g/mol. The normalized spacial score (nSPS) is 25.6. The van der Waals surface area contributed by atoms with E-state index in [1.807, 2.05) is 0 Å². The van der Waals surface area contributed by atoms with Gasteiger partial charge in [0.1, 0.15) is 11.5 Å². The molecule has 1 aliphatic heterocycles. The predicted octanol–water partition coefficient (Wildman–Crippen LogP) is 4.17. The van der Waals surface area contributed by atoms with E-state index < -0.39 is 49.6 Å². The Morgan fingerprint density at radius 3 is 2.89 bits per heavy atom. The first kappa shape index (κ1) is 14.0. The number of hydrogen-bond donors (Lipinski definition) is 1. The lowest BCUT2D eigenvalue weighted by Crippen LogP contribution is -2.48. The molecule has 150 valence electrons. The van der Waals surface area contributed by atoms with Crippen LogP contribution in [0.2, 0.25) is 5.02 Å². The number of aryl methyl sites for hydroxylation is 1. The number of piperidine rings is 1. The topological polar surface area (TPSA) is 45.2 Å². The number of likely N-dealkylation sites (tertiary alicyclic amines) is 1. The van der Waals surface area contributed by atoms with Gasteiger partial charge in [-0.15, -0.1) is 0 Å². The molecule has 0 bridgehead atoms. The zero-order valence-corrected chi connectivity index (χ0v) is 16.0. The lowest BCUT2D eigenvalue weighted by Gasteiger charge is -2.36. The van der Waals surface area contributed by atoms with Gasteiger partial charge >= 0.3 is 0 Å². The van der Waals surface area contributed by atoms with Crippen LogP contribution in [0.5, 0.6) is 0 Å². The van der Waals surface area contributed by atoms with Crippen molar-refractivity contribution in [3.8, 4) is 0 Å². The van der Waals surface area contributed by atoms with Gasteiger partial charge in [-0.2, -0.15) is 0 Å². The quantitative estimate of drug-likeness (QED) is 0.773. The number of pyridine rings is 1. The number of rotatable bonds is 6. The van der Waals surface area contributed by atoms with Crippen molar-refractivity contribution < 1.29 is 21.8 Å². The number of aromatic nitrogens is 1. The average Bonchev–Trinajstić information content (AvgIpc) is 2.75. The summed E-state index contributed by atoms with van der Waals surface area (Å²) >= 11 is 5.71. The fourth-order valence-electron chi connectivity index (χ4n) is 2.72. The SMILES string of the molecule is [2H]C([2H])(C)c1ccc(CNC([2H])([2H])C2(F)CCN(C(=O)c3ccc(F)c(Cl)c3)CC2([2H])[2H])nc1. The molecule has 1 aromatic heterocycles. The number of carbonyl (C=O) groups excluding carboxylic acids is 1. The Morgan fingerprint density at radius 1 is 1.43 bits per heavy atom. The second-order valence-electron chi connectivity index (χ2n) is 6.35. The van der Waals surface area contributed by atoms with Crippen molar-refractivity contribution in [2.75, 3.05) is 19.6 Å². The maximum Gasteiger partial charge on any atom is 0.253 e. The van der Waals surface area contributed by atoms with Gasteiger partial charge in [-0.25, -0.2) is 8.78 Å². The summed E-state index contributed by atoms with van der Waals surface area (Å²) in [6.45, 7) is -2.64. The van der Waals surface area contributed by atoms with Crippen LogP contribution in [-0.4, -0.2) is 41.0 Å². The van der Waals surface area contributed by atoms with Gasteiger partial charge in [0.15, 0.2) is 0 Å². The molecular weight excluding hydrogens is 384 g/mol. The van der Waals surface area contributed by atoms with E-state index in [1.165, 1.54) is 31.3 Å². The first-order chi connectivity index (χ1) is 15.6. The maximum absolute atomic E-state index is 15.9. The summed E-state index contributed by atoms with van der Waals surface area (Å²) in [6, 6.07) is 6.28. The summed E-state index contributed by atoms with van der Waals surface area (Å²) < 4.78 is 77.7. The van der Waals surface area contributed by atoms with Crippen LogP contribution < -0.4 is 5.32 Å². The Kier molecular flexibility index (Phi) is 4.49. The molecular formula is C21H24ClF2N3O. The highest BCUT2D eigenvalue weighted by atomic mass is 35.5. The molecule has 0 saturated carbocycles. The molecule has 4 nitrogen and oxygen atoms in total. The molecule has 0 spiro atoms. The van der Waals surface area contributed by atoms with Gasteiger partial charge in [0.05, 0.1) is 10.7 Å². The summed E-state index contributed by atoms with van der Waals surface area (Å²) in [4.78, 5) is 17.8. The van der Waals surface area contributed by atoms with E-state index in [4.69, 9.17) is 19.8 Å². The third-order valence-corrected chi connectivity index (χ3v) is 4.69. The summed E-state index contributed by atoms with van der Waals surface area (Å²) in [6.07, 6.45) is -3.67. The summed E-state index contributed by atoms with van der Waals surface area (Å²) in [5, 5.41) is 2.11. The highest BCUT2D eigenvalue weighted by Gasteiger charge is 2.35. The molecule has 0 radical (unpaired) electrons. The Morgan fingerprint density at radius 2 is 2.25 bits per heavy atom. The lowest BCUT2D eigenvalue weighted by atomic mass is 9.92. The zero-order valence-electron chi connectivity index (χ0n) is 21.2. The minimum atomic E-state index is -2.97. The van der Waals surface area contributed by atoms with Crippen molar-refractivity contribution in [1.82, 2.24) is 15.2 Å². The fourth-order valence-corrected chi connectivity index (χ4v) is 2.90. The predicted molar refractivity (Wildman–Crippen MR) is 106 cm³/mol. The van der Waals surface area contributed by atoms with Crippen LogP contribution in [0.1, 0.15) is 49.6 Å². The molecule has 1 aromatic carbocycles. The molecule has 1 unspecified atom stereocenters. The van der Waals surface area contributed by atoms with Crippen LogP contribution in [0.3, 0.4) is 0 Å². The van der Waals surface area contributed by atoms with E-state index in [1.54, 1.807) is 0 Å². The number of nitrogens with zero attached hydrogens (tertiary/aromatic N) is 2. The molecule has 2 aromatic rings. The second-order valence-corrected chi connectivity index (χ2v) is 6.76. The van der Waals surface area contributed by atoms with Crippen molar-refractivity contribution in [3.63, 3.8) is 0 Å². The van der Waals surface area contributed by atoms with Gasteiger partial charge in [-0.1, -0.05) is 24.6 Å². The van der Waals surface area contributed by atoms with Crippen molar-refractivity contribution in [3.05, 3.63) is 64.2 Å². The smallest absolute Gasteiger partial charge is 0.253 e. The van der Waals surface area contributed by atoms with Crippen LogP contribution in [0, 0.1) is 5.82 Å². The van der Waals surface area contributed by atoms with Crippen LogP contribution in [0.25, 0.3) is 0 Å². The number of amides is 1. The van der Waals surface area contributed by atoms with E-state index >= 15 is 4.39 Å². The Labute approximate surface area is 177 Å². The molecule has 0 aliphatic carbocycles. The summed E-state index contributed by atoms with van der Waals surface area (Å²) in [5.41, 5.74) is -2.31. The molecule has 2 heterocycles. The highest BCUT2D eigenvalue weighted by Crippen LogP contribution is 2.27. The van der Waals surface area contributed by atoms with Crippen LogP contribution in [-0.2, 0) is 12.9 Å². The molecule has 7 heteroatoms. The van der Waals surface area contributed by atoms with Crippen molar-refractivity contribution in [2.24, 2.45) is 0 Å². The Hall–Kier alpha value is -2.05. The van der Waals surface area contributed by atoms with E-state index in [-0.39, 0.29) is 23.7 Å². The second kappa shape index (κ2) is 8.97. The first-order valence-corrected chi connectivity index (χ1v) is 9.09. The monoisotopic (exact) mass is 413 g/mol. The number of nitrogens with one attached hydrogen (secondary N) is 1. The molecule has 3 rings (SSSR count). The standard InChI is InChI=1S/C21H24ClF2N3O/c1-2-15-3-5-17(26-12-15)13-25-14-21(24)7-9-27(10-8-21)20(28)16-4-6-19(23)18(22)11-16/h3-6,11-12,25H,2,7-10,13-14H2,1H3/i2D2,7D2,14D2. The molecule has 1 saturated heterocycles. The van der Waals surface area contributed by atoms with Crippen LogP contribution in [0.4, 0.5) is 8.78 Å². The fraction of sp³-hybridized carbons (Fsp3) is 0.429. The Balaban J connectivity index is 1.72. The number of halogens is 3. The summed E-state index contributed by atoms with van der Waals surface area (Å²) in [7, 11) is 0. The third kappa shape index (κ3) is 5.06. The van der Waals surface area contributed by atoms with Gasteiger partial charge in [0.2, 0.25) is 0 Å². The Bertz CT molecular complexity index is 1070. The van der Waals surface area contributed by atoms with E-state index in [9.17, 15) is 9.18 Å². The van der Waals surface area contributed by atoms with E-state index in [2.05, 4.69) is 10.3 Å². The minimum absolute atomic E-state index is 0.0145. The van der Waals surface area contributed by atoms with Gasteiger partial charge < -0.3 is 10.2 Å². The minimum Gasteiger partial charge on any atom is -0.338 e. The molecule has 28 heavy (non-hydrogen) atoms. The number of alkyl halides is 1.